The van der Waals surface area contributed by atoms with E-state index in [9.17, 15) is 43.2 Å². The van der Waals surface area contributed by atoms with E-state index in [1.54, 1.807) is 0 Å². The monoisotopic (exact) mass is 1610 g/mol. The van der Waals surface area contributed by atoms with Gasteiger partial charge >= 0.3 is 39.5 Å². The first kappa shape index (κ1) is 108. The summed E-state index contributed by atoms with van der Waals surface area (Å²) in [5, 5.41) is 10.7. The molecule has 3 N–H and O–H groups in total. The molecule has 6 atom stereocenters. The highest BCUT2D eigenvalue weighted by Crippen LogP contribution is 2.45. The number of aliphatic hydroxyl groups excluding tert-OH is 1. The Bertz CT molecular complexity index is 2080. The Balaban J connectivity index is 5.24. The van der Waals surface area contributed by atoms with Crippen molar-refractivity contribution in [2.45, 2.75) is 515 Å². The summed E-state index contributed by atoms with van der Waals surface area (Å²) < 4.78 is 69.1. The minimum Gasteiger partial charge on any atom is -0.462 e. The second-order valence-corrected chi connectivity index (χ2v) is 35.8. The summed E-state index contributed by atoms with van der Waals surface area (Å²) in [6, 6.07) is 0. The molecule has 0 heterocycles. The fourth-order valence-corrected chi connectivity index (χ4v) is 15.9. The van der Waals surface area contributed by atoms with Crippen LogP contribution in [0.1, 0.15) is 497 Å². The van der Waals surface area contributed by atoms with Crippen LogP contribution in [0.4, 0.5) is 0 Å². The van der Waals surface area contributed by atoms with Crippen LogP contribution in [-0.4, -0.2) is 96.7 Å². The van der Waals surface area contributed by atoms with E-state index in [1.807, 2.05) is 0 Å². The van der Waals surface area contributed by atoms with Crippen LogP contribution in [0.5, 0.6) is 0 Å². The fraction of sp³-hybridized carbons (Fsp3) is 0.956. The zero-order valence-electron chi connectivity index (χ0n) is 72.4. The van der Waals surface area contributed by atoms with E-state index in [0.29, 0.717) is 25.7 Å². The molecule has 0 aromatic rings. The predicted molar refractivity (Wildman–Crippen MR) is 455 cm³/mol. The summed E-state index contributed by atoms with van der Waals surface area (Å²) in [4.78, 5) is 73.4. The van der Waals surface area contributed by atoms with Crippen LogP contribution in [0.15, 0.2) is 0 Å². The first-order valence-electron chi connectivity index (χ1n) is 47.2. The van der Waals surface area contributed by atoms with Crippen molar-refractivity contribution in [2.75, 3.05) is 39.6 Å². The zero-order chi connectivity index (χ0) is 80.4. The topological polar surface area (TPSA) is 237 Å². The van der Waals surface area contributed by atoms with Crippen LogP contribution in [-0.2, 0) is 65.4 Å². The smallest absolute Gasteiger partial charge is 0.462 e. The number of ether oxygens (including phenoxy) is 4. The number of unbranched alkanes of at least 4 members (excludes halogenated alkanes) is 62. The standard InChI is InChI=1S/C91H178O17P2/c1-6-10-13-16-19-22-25-28-30-31-32-33-37-41-45-50-55-60-65-70-75-89(94)102-81-87(108-91(96)77-72-67-62-57-52-47-42-38-35-34-36-40-44-48-53-58-63-68-73-84(5)9-4)83-106-110(99,100)104-79-85(92)78-103-109(97,98)105-82-86(80-101-88(93)74-69-64-59-54-49-43-27-24-21-18-15-12-8-3)107-90(95)76-71-66-61-56-51-46-39-29-26-23-20-17-14-11-7-2/h84-87,92H,6-83H2,1-5H3,(H,97,98)(H,99,100)/t84?,85-,86+,87+/m0/s1. The number of aliphatic hydroxyl groups is 1. The van der Waals surface area contributed by atoms with Gasteiger partial charge in [-0.1, -0.05) is 446 Å². The normalized spacial score (nSPS) is 13.9. The fourth-order valence-electron chi connectivity index (χ4n) is 14.3. The average molecular weight is 1610 g/mol. The largest absolute Gasteiger partial charge is 0.472 e. The minimum absolute atomic E-state index is 0.109. The number of rotatable bonds is 91. The van der Waals surface area contributed by atoms with Crippen LogP contribution >= 0.6 is 15.6 Å². The molecule has 0 aliphatic heterocycles. The van der Waals surface area contributed by atoms with E-state index in [1.165, 1.54) is 321 Å². The molecule has 0 aliphatic carbocycles. The quantitative estimate of drug-likeness (QED) is 0.0222. The molecular weight excluding hydrogens is 1430 g/mol. The molecule has 110 heavy (non-hydrogen) atoms. The molecule has 0 aliphatic rings. The first-order chi connectivity index (χ1) is 53.6. The van der Waals surface area contributed by atoms with Crippen LogP contribution in [0, 0.1) is 5.92 Å². The SMILES string of the molecule is CCCCCCCCCCCCCCCCCCCCCCC(=O)OC[C@H](COP(=O)(O)OC[C@@H](O)COP(=O)(O)OC[C@@H](COC(=O)CCCCCCCCCCCCCCC)OC(=O)CCCCCCCCCCCCCCCCC)OC(=O)CCCCCCCCCCCCCCCCCCCCC(C)CC. The van der Waals surface area contributed by atoms with E-state index in [0.717, 1.165) is 95.8 Å². The molecule has 654 valence electrons. The van der Waals surface area contributed by atoms with E-state index >= 15 is 0 Å². The average Bonchev–Trinajstić information content (AvgIpc) is 0.899. The van der Waals surface area contributed by atoms with Crippen molar-refractivity contribution in [3.8, 4) is 0 Å². The molecule has 0 aromatic carbocycles. The first-order valence-corrected chi connectivity index (χ1v) is 50.2. The van der Waals surface area contributed by atoms with Crippen LogP contribution in [0.2, 0.25) is 0 Å². The second-order valence-electron chi connectivity index (χ2n) is 32.9. The van der Waals surface area contributed by atoms with Crippen molar-refractivity contribution in [1.82, 2.24) is 0 Å². The van der Waals surface area contributed by atoms with Crippen LogP contribution in [0.25, 0.3) is 0 Å². The van der Waals surface area contributed by atoms with Gasteiger partial charge < -0.3 is 33.8 Å². The summed E-state index contributed by atoms with van der Waals surface area (Å²) in [7, 11) is -9.93. The van der Waals surface area contributed by atoms with Gasteiger partial charge in [0.1, 0.15) is 19.3 Å². The van der Waals surface area contributed by atoms with Crippen molar-refractivity contribution < 1.29 is 80.2 Å². The number of hydrogen-bond acceptors (Lipinski definition) is 15. The molecule has 19 heteroatoms. The van der Waals surface area contributed by atoms with Gasteiger partial charge in [0.2, 0.25) is 0 Å². The third-order valence-electron chi connectivity index (χ3n) is 21.9. The summed E-state index contributed by atoms with van der Waals surface area (Å²) in [6.45, 7) is 7.47. The molecule has 0 aromatic heterocycles. The van der Waals surface area contributed by atoms with E-state index in [2.05, 4.69) is 34.6 Å². The molecule has 0 saturated carbocycles. The Kier molecular flexibility index (Phi) is 82.1. The minimum atomic E-state index is -4.97. The Labute approximate surface area is 677 Å². The van der Waals surface area contributed by atoms with E-state index in [4.69, 9.17) is 37.0 Å². The Morgan fingerprint density at radius 2 is 0.436 bits per heavy atom. The molecule has 0 amide bonds. The Morgan fingerprint density at radius 3 is 0.645 bits per heavy atom. The van der Waals surface area contributed by atoms with Crippen molar-refractivity contribution in [3.05, 3.63) is 0 Å². The lowest BCUT2D eigenvalue weighted by atomic mass is 9.99. The van der Waals surface area contributed by atoms with Crippen LogP contribution < -0.4 is 0 Å². The van der Waals surface area contributed by atoms with Crippen molar-refractivity contribution in [2.24, 2.45) is 5.92 Å². The molecule has 0 spiro atoms. The maximum absolute atomic E-state index is 13.2. The third-order valence-corrected chi connectivity index (χ3v) is 23.8. The Morgan fingerprint density at radius 1 is 0.255 bits per heavy atom. The van der Waals surface area contributed by atoms with Gasteiger partial charge in [-0.25, -0.2) is 9.13 Å². The van der Waals surface area contributed by atoms with E-state index in [-0.39, 0.29) is 25.7 Å². The van der Waals surface area contributed by atoms with Crippen molar-refractivity contribution >= 4 is 39.5 Å². The molecule has 3 unspecified atom stereocenters. The molecule has 0 bridgehead atoms. The summed E-state index contributed by atoms with van der Waals surface area (Å²) in [5.41, 5.74) is 0. The van der Waals surface area contributed by atoms with Crippen LogP contribution in [0.3, 0.4) is 0 Å². The van der Waals surface area contributed by atoms with Crippen molar-refractivity contribution in [3.63, 3.8) is 0 Å². The second kappa shape index (κ2) is 83.5. The lowest BCUT2D eigenvalue weighted by Gasteiger charge is -2.21. The molecule has 17 nitrogen and oxygen atoms in total. The number of carbonyl (C=O) groups excluding carboxylic acids is 4. The lowest BCUT2D eigenvalue weighted by molar-refractivity contribution is -0.161. The summed E-state index contributed by atoms with van der Waals surface area (Å²) in [5.74, 6) is -1.22. The maximum atomic E-state index is 13.2. The third kappa shape index (κ3) is 82.6. The number of phosphoric ester groups is 2. The van der Waals surface area contributed by atoms with Gasteiger partial charge in [-0.3, -0.25) is 37.3 Å². The predicted octanol–water partition coefficient (Wildman–Crippen LogP) is 28.3. The zero-order valence-corrected chi connectivity index (χ0v) is 74.2. The van der Waals surface area contributed by atoms with E-state index < -0.39 is 97.5 Å². The summed E-state index contributed by atoms with van der Waals surface area (Å²) in [6.07, 6.45) is 79.1. The number of hydrogen-bond donors (Lipinski definition) is 3. The highest BCUT2D eigenvalue weighted by Gasteiger charge is 2.31. The highest BCUT2D eigenvalue weighted by atomic mass is 31.2. The molecule has 0 saturated heterocycles. The van der Waals surface area contributed by atoms with Gasteiger partial charge in [0, 0.05) is 25.7 Å². The number of phosphoric acid groups is 2. The maximum Gasteiger partial charge on any atom is 0.472 e. The van der Waals surface area contributed by atoms with Gasteiger partial charge in [-0.15, -0.1) is 0 Å². The Hall–Kier alpha value is -1.94. The number of carbonyl (C=O) groups is 4. The van der Waals surface area contributed by atoms with Gasteiger partial charge in [-0.05, 0) is 31.6 Å². The van der Waals surface area contributed by atoms with Gasteiger partial charge in [-0.2, -0.15) is 0 Å². The lowest BCUT2D eigenvalue weighted by Crippen LogP contribution is -2.30. The molecule has 0 radical (unpaired) electrons. The number of esters is 4. The van der Waals surface area contributed by atoms with Gasteiger partial charge in [0.15, 0.2) is 12.2 Å². The van der Waals surface area contributed by atoms with Gasteiger partial charge in [0.25, 0.3) is 0 Å². The van der Waals surface area contributed by atoms with Gasteiger partial charge in [0.05, 0.1) is 26.4 Å². The summed E-state index contributed by atoms with van der Waals surface area (Å²) >= 11 is 0. The van der Waals surface area contributed by atoms with Crippen molar-refractivity contribution in [1.29, 1.82) is 0 Å². The highest BCUT2D eigenvalue weighted by molar-refractivity contribution is 7.47. The molecule has 0 fully saturated rings. The molecule has 0 rings (SSSR count). The molecular formula is C91H178O17P2.